The summed E-state index contributed by atoms with van der Waals surface area (Å²) in [5, 5.41) is 16.9. The van der Waals surface area contributed by atoms with E-state index in [-0.39, 0.29) is 12.3 Å². The summed E-state index contributed by atoms with van der Waals surface area (Å²) in [5.41, 5.74) is 6.99. The van der Waals surface area contributed by atoms with Crippen molar-refractivity contribution in [3.05, 3.63) is 47.0 Å². The van der Waals surface area contributed by atoms with Crippen molar-refractivity contribution in [2.24, 2.45) is 5.73 Å². The Balaban J connectivity index is 1.54. The van der Waals surface area contributed by atoms with E-state index >= 15 is 0 Å². The summed E-state index contributed by atoms with van der Waals surface area (Å²) in [6, 6.07) is 7.93. The Kier molecular flexibility index (Phi) is 5.05. The molecule has 3 rings (SSSR count). The average Bonchev–Trinajstić information content (AvgIpc) is 3.24. The minimum Gasteiger partial charge on any atom is -0.421 e. The molecule has 25 heavy (non-hydrogen) atoms. The van der Waals surface area contributed by atoms with E-state index in [1.165, 1.54) is 0 Å². The number of nitrogens with two attached hydrogens (primary N) is 1. The Labute approximate surface area is 147 Å². The molecule has 0 saturated heterocycles. The van der Waals surface area contributed by atoms with Gasteiger partial charge in [0.15, 0.2) is 0 Å². The van der Waals surface area contributed by atoms with Crippen molar-refractivity contribution in [2.45, 2.75) is 12.8 Å². The zero-order chi connectivity index (χ0) is 17.6. The second-order valence-electron chi connectivity index (χ2n) is 5.13. The van der Waals surface area contributed by atoms with Crippen LogP contribution in [0.4, 0.5) is 16.2 Å². The summed E-state index contributed by atoms with van der Waals surface area (Å²) in [5.74, 6) is 0.647. The molecule has 0 fully saturated rings. The van der Waals surface area contributed by atoms with Gasteiger partial charge in [-0.05, 0) is 29.6 Å². The van der Waals surface area contributed by atoms with Crippen LogP contribution in [-0.2, 0) is 11.2 Å². The summed E-state index contributed by atoms with van der Waals surface area (Å²) in [6.45, 7) is 0. The van der Waals surface area contributed by atoms with Crippen molar-refractivity contribution in [3.8, 4) is 11.5 Å². The largest absolute Gasteiger partial charge is 0.421 e. The number of aromatic nitrogens is 2. The Morgan fingerprint density at radius 1 is 1.16 bits per heavy atom. The molecule has 0 unspecified atom stereocenters. The molecule has 0 aliphatic rings. The van der Waals surface area contributed by atoms with E-state index in [0.29, 0.717) is 29.6 Å². The third-order valence-electron chi connectivity index (χ3n) is 3.21. The molecule has 0 bridgehead atoms. The zero-order valence-electron chi connectivity index (χ0n) is 13.1. The number of carbonyl (C=O) groups excluding carboxylic acids is 2. The number of rotatable bonds is 6. The fourth-order valence-corrected chi connectivity index (χ4v) is 2.75. The molecule has 0 atom stereocenters. The molecule has 0 aliphatic heterocycles. The SMILES string of the molecule is NC(=O)Nc1cccc(NC(=O)CCc2nnc(-c3ccsc3)o2)c1. The predicted octanol–water partition coefficient (Wildman–Crippen LogP) is 2.86. The number of thiophene rings is 1. The zero-order valence-corrected chi connectivity index (χ0v) is 13.9. The predicted molar refractivity (Wildman–Crippen MR) is 94.2 cm³/mol. The lowest BCUT2D eigenvalue weighted by molar-refractivity contribution is -0.116. The Morgan fingerprint density at radius 3 is 2.68 bits per heavy atom. The normalized spacial score (nSPS) is 10.4. The van der Waals surface area contributed by atoms with Gasteiger partial charge in [0.1, 0.15) is 0 Å². The lowest BCUT2D eigenvalue weighted by Crippen LogP contribution is -2.19. The summed E-state index contributed by atoms with van der Waals surface area (Å²) >= 11 is 1.54. The van der Waals surface area contributed by atoms with Gasteiger partial charge < -0.3 is 20.8 Å². The lowest BCUT2D eigenvalue weighted by atomic mass is 10.2. The number of amides is 3. The molecule has 0 aliphatic carbocycles. The number of nitrogens with one attached hydrogen (secondary N) is 2. The molecule has 128 valence electrons. The van der Waals surface area contributed by atoms with E-state index < -0.39 is 6.03 Å². The maximum atomic E-state index is 12.0. The maximum Gasteiger partial charge on any atom is 0.316 e. The highest BCUT2D eigenvalue weighted by Gasteiger charge is 2.11. The fraction of sp³-hybridized carbons (Fsp3) is 0.125. The van der Waals surface area contributed by atoms with Gasteiger partial charge in [0.05, 0.1) is 0 Å². The molecule has 1 aromatic carbocycles. The van der Waals surface area contributed by atoms with Crippen LogP contribution in [0.1, 0.15) is 12.3 Å². The van der Waals surface area contributed by atoms with Crippen molar-refractivity contribution >= 4 is 34.6 Å². The van der Waals surface area contributed by atoms with Crippen LogP contribution < -0.4 is 16.4 Å². The van der Waals surface area contributed by atoms with E-state index in [1.807, 2.05) is 16.8 Å². The van der Waals surface area contributed by atoms with Crippen LogP contribution in [-0.4, -0.2) is 22.1 Å². The first-order valence-electron chi connectivity index (χ1n) is 7.41. The van der Waals surface area contributed by atoms with Gasteiger partial charge in [-0.25, -0.2) is 4.79 Å². The fourth-order valence-electron chi connectivity index (χ4n) is 2.12. The minimum absolute atomic E-state index is 0.193. The van der Waals surface area contributed by atoms with Crippen LogP contribution in [0.15, 0.2) is 45.5 Å². The molecule has 0 radical (unpaired) electrons. The van der Waals surface area contributed by atoms with E-state index in [1.54, 1.807) is 35.6 Å². The molecular weight excluding hydrogens is 342 g/mol. The molecule has 3 aromatic rings. The molecule has 8 nitrogen and oxygen atoms in total. The van der Waals surface area contributed by atoms with E-state index in [2.05, 4.69) is 20.8 Å². The summed E-state index contributed by atoms with van der Waals surface area (Å²) in [6.07, 6.45) is 0.529. The van der Waals surface area contributed by atoms with E-state index in [0.717, 1.165) is 5.56 Å². The average molecular weight is 357 g/mol. The highest BCUT2D eigenvalue weighted by Crippen LogP contribution is 2.21. The topological polar surface area (TPSA) is 123 Å². The highest BCUT2D eigenvalue weighted by atomic mass is 32.1. The Hall–Kier alpha value is -3.20. The van der Waals surface area contributed by atoms with Crippen LogP contribution >= 0.6 is 11.3 Å². The first kappa shape index (κ1) is 16.7. The smallest absolute Gasteiger partial charge is 0.316 e. The second kappa shape index (κ2) is 7.58. The molecule has 2 heterocycles. The molecule has 9 heteroatoms. The molecular formula is C16H15N5O3S. The first-order chi connectivity index (χ1) is 12.1. The van der Waals surface area contributed by atoms with Gasteiger partial charge >= 0.3 is 6.03 Å². The lowest BCUT2D eigenvalue weighted by Gasteiger charge is -2.07. The molecule has 0 saturated carbocycles. The third kappa shape index (κ3) is 4.64. The number of benzene rings is 1. The van der Waals surface area contributed by atoms with Crippen molar-refractivity contribution < 1.29 is 14.0 Å². The van der Waals surface area contributed by atoms with Crippen molar-refractivity contribution in [1.82, 2.24) is 10.2 Å². The number of anilines is 2. The Bertz CT molecular complexity index is 876. The van der Waals surface area contributed by atoms with E-state index in [9.17, 15) is 9.59 Å². The Morgan fingerprint density at radius 2 is 1.96 bits per heavy atom. The van der Waals surface area contributed by atoms with Crippen LogP contribution in [0.2, 0.25) is 0 Å². The summed E-state index contributed by atoms with van der Waals surface area (Å²) in [4.78, 5) is 22.9. The number of nitrogens with zero attached hydrogens (tertiary/aromatic N) is 2. The van der Waals surface area contributed by atoms with Gasteiger partial charge in [0, 0.05) is 35.2 Å². The molecule has 2 aromatic heterocycles. The number of aryl methyl sites for hydroxylation is 1. The van der Waals surface area contributed by atoms with Gasteiger partial charge in [-0.15, -0.1) is 10.2 Å². The van der Waals surface area contributed by atoms with Gasteiger partial charge in [-0.1, -0.05) is 6.07 Å². The minimum atomic E-state index is -0.665. The van der Waals surface area contributed by atoms with Crippen LogP contribution in [0.3, 0.4) is 0 Å². The van der Waals surface area contributed by atoms with Gasteiger partial charge in [0.2, 0.25) is 17.7 Å². The molecule has 4 N–H and O–H groups in total. The number of hydrogen-bond acceptors (Lipinski definition) is 6. The monoisotopic (exact) mass is 357 g/mol. The summed E-state index contributed by atoms with van der Waals surface area (Å²) in [7, 11) is 0. The maximum absolute atomic E-state index is 12.0. The van der Waals surface area contributed by atoms with Crippen LogP contribution in [0, 0.1) is 0 Å². The standard InChI is InChI=1S/C16H15N5O3S/c17-16(23)19-12-3-1-2-11(8-12)18-13(22)4-5-14-20-21-15(24-14)10-6-7-25-9-10/h1-3,6-9H,4-5H2,(H,18,22)(H3,17,19,23). The number of primary amides is 1. The number of hydrogen-bond donors (Lipinski definition) is 3. The molecule has 3 amide bonds. The van der Waals surface area contributed by atoms with Crippen molar-refractivity contribution in [2.75, 3.05) is 10.6 Å². The second-order valence-corrected chi connectivity index (χ2v) is 5.91. The van der Waals surface area contributed by atoms with Gasteiger partial charge in [-0.2, -0.15) is 11.3 Å². The van der Waals surface area contributed by atoms with Crippen LogP contribution in [0.5, 0.6) is 0 Å². The van der Waals surface area contributed by atoms with Crippen LogP contribution in [0.25, 0.3) is 11.5 Å². The van der Waals surface area contributed by atoms with E-state index in [4.69, 9.17) is 10.2 Å². The van der Waals surface area contributed by atoms with Gasteiger partial charge in [-0.3, -0.25) is 4.79 Å². The van der Waals surface area contributed by atoms with Crippen molar-refractivity contribution in [1.29, 1.82) is 0 Å². The summed E-state index contributed by atoms with van der Waals surface area (Å²) < 4.78 is 5.53. The number of urea groups is 1. The van der Waals surface area contributed by atoms with Crippen molar-refractivity contribution in [3.63, 3.8) is 0 Å². The first-order valence-corrected chi connectivity index (χ1v) is 8.36. The third-order valence-corrected chi connectivity index (χ3v) is 3.90. The quantitative estimate of drug-likeness (QED) is 0.626. The number of carbonyl (C=O) groups is 2. The van der Waals surface area contributed by atoms with Gasteiger partial charge in [0.25, 0.3) is 0 Å². The molecule has 0 spiro atoms. The highest BCUT2D eigenvalue weighted by molar-refractivity contribution is 7.08.